The third-order valence-corrected chi connectivity index (χ3v) is 3.94. The summed E-state index contributed by atoms with van der Waals surface area (Å²) in [5, 5.41) is 0. The lowest BCUT2D eigenvalue weighted by Crippen LogP contribution is -2.11. The molecule has 2 unspecified atom stereocenters. The van der Waals surface area contributed by atoms with E-state index in [1.54, 1.807) is 7.11 Å². The molecule has 2 atom stereocenters. The van der Waals surface area contributed by atoms with Gasteiger partial charge in [0.15, 0.2) is 0 Å². The highest BCUT2D eigenvalue weighted by Crippen LogP contribution is 2.32. The van der Waals surface area contributed by atoms with Crippen molar-refractivity contribution in [1.82, 2.24) is 0 Å². The Hall–Kier alpha value is -1.31. The Morgan fingerprint density at radius 1 is 1.29 bits per heavy atom. The number of ketones is 1. The van der Waals surface area contributed by atoms with Crippen LogP contribution in [0.5, 0.6) is 5.75 Å². The first-order valence-electron chi connectivity index (χ1n) is 6.36. The normalized spacial score (nSPS) is 24.0. The fourth-order valence-corrected chi connectivity index (χ4v) is 2.61. The molecule has 1 aliphatic carbocycles. The molecule has 1 aliphatic rings. The summed E-state index contributed by atoms with van der Waals surface area (Å²) < 4.78 is 5.13. The number of carbonyl (C=O) groups is 1. The molecule has 0 aliphatic heterocycles. The standard InChI is InChI=1S/C15H20O2/c1-11-13(7-10-15(11)16)6-3-12-4-8-14(17-2)9-5-12/h4-5,8-9,11,13H,3,6-7,10H2,1-2H3. The van der Waals surface area contributed by atoms with Gasteiger partial charge < -0.3 is 4.74 Å². The van der Waals surface area contributed by atoms with Gasteiger partial charge in [0.2, 0.25) is 0 Å². The van der Waals surface area contributed by atoms with Crippen molar-refractivity contribution in [2.24, 2.45) is 11.8 Å². The van der Waals surface area contributed by atoms with Gasteiger partial charge in [0.25, 0.3) is 0 Å². The minimum Gasteiger partial charge on any atom is -0.497 e. The molecule has 0 aromatic heterocycles. The third kappa shape index (κ3) is 2.87. The molecule has 0 N–H and O–H groups in total. The maximum Gasteiger partial charge on any atom is 0.135 e. The monoisotopic (exact) mass is 232 g/mol. The number of rotatable bonds is 4. The van der Waals surface area contributed by atoms with E-state index in [4.69, 9.17) is 4.74 Å². The van der Waals surface area contributed by atoms with Crippen molar-refractivity contribution in [3.8, 4) is 5.75 Å². The Morgan fingerprint density at radius 3 is 2.53 bits per heavy atom. The number of hydrogen-bond donors (Lipinski definition) is 0. The quantitative estimate of drug-likeness (QED) is 0.796. The summed E-state index contributed by atoms with van der Waals surface area (Å²) in [6, 6.07) is 8.22. The first kappa shape index (κ1) is 12.2. The zero-order valence-electron chi connectivity index (χ0n) is 10.6. The molecule has 0 spiro atoms. The summed E-state index contributed by atoms with van der Waals surface area (Å²) in [6.07, 6.45) is 4.05. The number of methoxy groups -OCH3 is 1. The fraction of sp³-hybridized carbons (Fsp3) is 0.533. The van der Waals surface area contributed by atoms with Crippen molar-refractivity contribution in [2.75, 3.05) is 7.11 Å². The van der Waals surface area contributed by atoms with Crippen molar-refractivity contribution in [3.05, 3.63) is 29.8 Å². The molecule has 0 bridgehead atoms. The van der Waals surface area contributed by atoms with Crippen LogP contribution in [0, 0.1) is 11.8 Å². The molecule has 0 heterocycles. The van der Waals surface area contributed by atoms with Crippen LogP contribution in [0.25, 0.3) is 0 Å². The van der Waals surface area contributed by atoms with Crippen LogP contribution in [-0.4, -0.2) is 12.9 Å². The Kier molecular flexibility index (Phi) is 3.82. The van der Waals surface area contributed by atoms with Crippen molar-refractivity contribution in [2.45, 2.75) is 32.6 Å². The van der Waals surface area contributed by atoms with E-state index in [9.17, 15) is 4.79 Å². The molecule has 2 nitrogen and oxygen atoms in total. The lowest BCUT2D eigenvalue weighted by Gasteiger charge is -2.13. The van der Waals surface area contributed by atoms with Gasteiger partial charge in [-0.3, -0.25) is 4.79 Å². The van der Waals surface area contributed by atoms with Gasteiger partial charge in [-0.1, -0.05) is 19.1 Å². The Bertz CT molecular complexity index is 380. The average Bonchev–Trinajstić information content (AvgIpc) is 2.68. The zero-order chi connectivity index (χ0) is 12.3. The predicted molar refractivity (Wildman–Crippen MR) is 68.2 cm³/mol. The summed E-state index contributed by atoms with van der Waals surface area (Å²) in [4.78, 5) is 11.5. The first-order chi connectivity index (χ1) is 8.20. The molecule has 0 amide bonds. The highest BCUT2D eigenvalue weighted by molar-refractivity contribution is 5.82. The molecule has 1 aromatic rings. The van der Waals surface area contributed by atoms with E-state index in [0.717, 1.165) is 31.4 Å². The van der Waals surface area contributed by atoms with Gasteiger partial charge in [0.05, 0.1) is 7.11 Å². The summed E-state index contributed by atoms with van der Waals surface area (Å²) >= 11 is 0. The van der Waals surface area contributed by atoms with Crippen LogP contribution >= 0.6 is 0 Å². The van der Waals surface area contributed by atoms with Gasteiger partial charge in [-0.25, -0.2) is 0 Å². The summed E-state index contributed by atoms with van der Waals surface area (Å²) in [7, 11) is 1.68. The number of benzene rings is 1. The Labute approximate surface area is 103 Å². The van der Waals surface area contributed by atoms with E-state index in [1.165, 1.54) is 5.56 Å². The van der Waals surface area contributed by atoms with E-state index < -0.39 is 0 Å². The number of Topliss-reactive ketones (excluding diaryl/α,β-unsaturated/α-hetero) is 1. The van der Waals surface area contributed by atoms with E-state index in [-0.39, 0.29) is 5.92 Å². The lowest BCUT2D eigenvalue weighted by atomic mass is 9.91. The zero-order valence-corrected chi connectivity index (χ0v) is 10.6. The van der Waals surface area contributed by atoms with Crippen molar-refractivity contribution < 1.29 is 9.53 Å². The maximum atomic E-state index is 11.5. The molecule has 1 fully saturated rings. The van der Waals surface area contributed by atoms with Gasteiger partial charge >= 0.3 is 0 Å². The minimum atomic E-state index is 0.272. The summed E-state index contributed by atoms with van der Waals surface area (Å²) in [6.45, 7) is 2.08. The maximum absolute atomic E-state index is 11.5. The molecular weight excluding hydrogens is 212 g/mol. The average molecular weight is 232 g/mol. The number of carbonyl (C=O) groups excluding carboxylic acids is 1. The number of aryl methyl sites for hydroxylation is 1. The molecule has 2 heteroatoms. The SMILES string of the molecule is COc1ccc(CCC2CCC(=O)C2C)cc1. The van der Waals surface area contributed by atoms with Crippen molar-refractivity contribution in [1.29, 1.82) is 0 Å². The van der Waals surface area contributed by atoms with E-state index in [2.05, 4.69) is 19.1 Å². The summed E-state index contributed by atoms with van der Waals surface area (Å²) in [5.74, 6) is 2.21. The van der Waals surface area contributed by atoms with Crippen LogP contribution < -0.4 is 4.74 Å². The smallest absolute Gasteiger partial charge is 0.135 e. The predicted octanol–water partition coefficient (Wildman–Crippen LogP) is 3.24. The molecule has 17 heavy (non-hydrogen) atoms. The molecule has 2 rings (SSSR count). The van der Waals surface area contributed by atoms with Gasteiger partial charge in [-0.05, 0) is 42.9 Å². The minimum absolute atomic E-state index is 0.272. The van der Waals surface area contributed by atoms with Crippen LogP contribution in [0.4, 0.5) is 0 Å². The highest BCUT2D eigenvalue weighted by atomic mass is 16.5. The Morgan fingerprint density at radius 2 is 2.00 bits per heavy atom. The van der Waals surface area contributed by atoms with Gasteiger partial charge in [-0.2, -0.15) is 0 Å². The topological polar surface area (TPSA) is 26.3 Å². The fourth-order valence-electron chi connectivity index (χ4n) is 2.61. The van der Waals surface area contributed by atoms with Gasteiger partial charge in [-0.15, -0.1) is 0 Å². The van der Waals surface area contributed by atoms with E-state index in [0.29, 0.717) is 11.7 Å². The van der Waals surface area contributed by atoms with E-state index >= 15 is 0 Å². The molecule has 92 valence electrons. The van der Waals surface area contributed by atoms with Crippen LogP contribution in [0.1, 0.15) is 31.7 Å². The lowest BCUT2D eigenvalue weighted by molar-refractivity contribution is -0.120. The van der Waals surface area contributed by atoms with Gasteiger partial charge in [0.1, 0.15) is 11.5 Å². The third-order valence-electron chi connectivity index (χ3n) is 3.94. The van der Waals surface area contributed by atoms with Crippen LogP contribution in [-0.2, 0) is 11.2 Å². The second kappa shape index (κ2) is 5.35. The Balaban J connectivity index is 1.87. The van der Waals surface area contributed by atoms with Crippen molar-refractivity contribution in [3.63, 3.8) is 0 Å². The first-order valence-corrected chi connectivity index (χ1v) is 6.36. The van der Waals surface area contributed by atoms with Crippen molar-refractivity contribution >= 4 is 5.78 Å². The van der Waals surface area contributed by atoms with Gasteiger partial charge in [0, 0.05) is 12.3 Å². The molecule has 1 aromatic carbocycles. The van der Waals surface area contributed by atoms with Crippen LogP contribution in [0.15, 0.2) is 24.3 Å². The van der Waals surface area contributed by atoms with Crippen LogP contribution in [0.3, 0.4) is 0 Å². The number of hydrogen-bond acceptors (Lipinski definition) is 2. The molecule has 1 saturated carbocycles. The largest absolute Gasteiger partial charge is 0.497 e. The summed E-state index contributed by atoms with van der Waals surface area (Å²) in [5.41, 5.74) is 1.33. The molecule has 0 radical (unpaired) electrons. The molecule has 0 saturated heterocycles. The second-order valence-electron chi connectivity index (χ2n) is 4.94. The second-order valence-corrected chi connectivity index (χ2v) is 4.94. The molecular formula is C15H20O2. The number of ether oxygens (including phenoxy) is 1. The van der Waals surface area contributed by atoms with Crippen LogP contribution in [0.2, 0.25) is 0 Å². The van der Waals surface area contributed by atoms with E-state index in [1.807, 2.05) is 12.1 Å². The highest BCUT2D eigenvalue weighted by Gasteiger charge is 2.30.